The highest BCUT2D eigenvalue weighted by Crippen LogP contribution is 2.12. The van der Waals surface area contributed by atoms with Gasteiger partial charge >= 0.3 is 5.97 Å². The SMILES string of the molecule is CC(C)N[C@H](C(=O)OC(C)(C)C)C(C)C. The minimum Gasteiger partial charge on any atom is -0.459 e. The van der Waals surface area contributed by atoms with E-state index in [-0.39, 0.29) is 24.0 Å². The molecule has 3 heteroatoms. The molecule has 0 unspecified atom stereocenters. The maximum absolute atomic E-state index is 11.9. The standard InChI is InChI=1S/C12H25NO2/c1-8(2)10(13-9(3)4)11(14)15-12(5,6)7/h8-10,13H,1-7H3/t10-/m0/s1. The minimum absolute atomic E-state index is 0.161. The van der Waals surface area contributed by atoms with Gasteiger partial charge in [-0.05, 0) is 26.7 Å². The number of rotatable bonds is 4. The first-order valence-corrected chi connectivity index (χ1v) is 5.62. The van der Waals surface area contributed by atoms with Crippen LogP contribution in [0.2, 0.25) is 0 Å². The quantitative estimate of drug-likeness (QED) is 0.732. The van der Waals surface area contributed by atoms with E-state index < -0.39 is 5.60 Å². The summed E-state index contributed by atoms with van der Waals surface area (Å²) in [7, 11) is 0. The lowest BCUT2D eigenvalue weighted by atomic mass is 10.0. The molecule has 1 atom stereocenters. The number of esters is 1. The lowest BCUT2D eigenvalue weighted by Gasteiger charge is -2.27. The first-order chi connectivity index (χ1) is 6.63. The zero-order valence-electron chi connectivity index (χ0n) is 11.0. The van der Waals surface area contributed by atoms with Gasteiger partial charge in [0.1, 0.15) is 11.6 Å². The normalized spacial score (nSPS) is 14.5. The molecule has 0 rings (SSSR count). The summed E-state index contributed by atoms with van der Waals surface area (Å²) in [6.07, 6.45) is 0. The van der Waals surface area contributed by atoms with Gasteiger partial charge in [0.25, 0.3) is 0 Å². The monoisotopic (exact) mass is 215 g/mol. The summed E-state index contributed by atoms with van der Waals surface area (Å²) >= 11 is 0. The Morgan fingerprint density at radius 3 is 1.87 bits per heavy atom. The summed E-state index contributed by atoms with van der Waals surface area (Å²) in [5.74, 6) is 0.0773. The zero-order chi connectivity index (χ0) is 12.2. The van der Waals surface area contributed by atoms with Crippen LogP contribution in [0.15, 0.2) is 0 Å². The molecule has 0 aliphatic rings. The molecule has 1 N–H and O–H groups in total. The van der Waals surface area contributed by atoms with Gasteiger partial charge in [0, 0.05) is 6.04 Å². The van der Waals surface area contributed by atoms with Crippen LogP contribution in [0.5, 0.6) is 0 Å². The summed E-state index contributed by atoms with van der Waals surface area (Å²) in [4.78, 5) is 11.9. The maximum Gasteiger partial charge on any atom is 0.323 e. The average Bonchev–Trinajstić information content (AvgIpc) is 1.95. The molecule has 3 nitrogen and oxygen atoms in total. The minimum atomic E-state index is -0.414. The smallest absolute Gasteiger partial charge is 0.323 e. The Bertz CT molecular complexity index is 204. The molecular weight excluding hydrogens is 190 g/mol. The molecule has 0 amide bonds. The molecule has 0 saturated heterocycles. The average molecular weight is 215 g/mol. The van der Waals surface area contributed by atoms with Crippen LogP contribution in [0.4, 0.5) is 0 Å². The van der Waals surface area contributed by atoms with Crippen LogP contribution in [-0.4, -0.2) is 23.7 Å². The van der Waals surface area contributed by atoms with E-state index in [4.69, 9.17) is 4.74 Å². The van der Waals surface area contributed by atoms with Gasteiger partial charge in [-0.1, -0.05) is 27.7 Å². The lowest BCUT2D eigenvalue weighted by Crippen LogP contribution is -2.47. The van der Waals surface area contributed by atoms with Crippen molar-refractivity contribution >= 4 is 5.97 Å². The molecule has 0 aromatic heterocycles. The van der Waals surface area contributed by atoms with E-state index in [0.717, 1.165) is 0 Å². The Morgan fingerprint density at radius 1 is 1.13 bits per heavy atom. The second-order valence-corrected chi connectivity index (χ2v) is 5.58. The van der Waals surface area contributed by atoms with Crippen LogP contribution in [0.25, 0.3) is 0 Å². The molecule has 90 valence electrons. The van der Waals surface area contributed by atoms with E-state index in [9.17, 15) is 4.79 Å². The van der Waals surface area contributed by atoms with Crippen LogP contribution < -0.4 is 5.32 Å². The van der Waals surface area contributed by atoms with Gasteiger partial charge in [-0.25, -0.2) is 0 Å². The van der Waals surface area contributed by atoms with Crippen LogP contribution in [-0.2, 0) is 9.53 Å². The first kappa shape index (κ1) is 14.4. The second kappa shape index (κ2) is 5.50. The van der Waals surface area contributed by atoms with Crippen molar-refractivity contribution in [3.05, 3.63) is 0 Å². The first-order valence-electron chi connectivity index (χ1n) is 5.62. The molecule has 0 radical (unpaired) electrons. The molecule has 0 aliphatic heterocycles. The number of nitrogens with one attached hydrogen (secondary N) is 1. The second-order valence-electron chi connectivity index (χ2n) is 5.58. The van der Waals surface area contributed by atoms with Crippen molar-refractivity contribution in [3.8, 4) is 0 Å². The summed E-state index contributed by atoms with van der Waals surface area (Å²) in [6.45, 7) is 13.8. The summed E-state index contributed by atoms with van der Waals surface area (Å²) < 4.78 is 5.36. The Hall–Kier alpha value is -0.570. The number of carbonyl (C=O) groups excluding carboxylic acids is 1. The van der Waals surface area contributed by atoms with Crippen molar-refractivity contribution in [2.75, 3.05) is 0 Å². The van der Waals surface area contributed by atoms with E-state index >= 15 is 0 Å². The summed E-state index contributed by atoms with van der Waals surface area (Å²) in [6, 6.07) is 0.0640. The zero-order valence-corrected chi connectivity index (χ0v) is 11.0. The van der Waals surface area contributed by atoms with Crippen molar-refractivity contribution in [3.63, 3.8) is 0 Å². The van der Waals surface area contributed by atoms with E-state index in [2.05, 4.69) is 5.32 Å². The Kier molecular flexibility index (Phi) is 5.29. The summed E-state index contributed by atoms with van der Waals surface area (Å²) in [5.41, 5.74) is -0.414. The number of hydrogen-bond acceptors (Lipinski definition) is 3. The van der Waals surface area contributed by atoms with Gasteiger partial charge in [-0.3, -0.25) is 4.79 Å². The van der Waals surface area contributed by atoms with E-state index in [1.54, 1.807) is 0 Å². The highest BCUT2D eigenvalue weighted by atomic mass is 16.6. The third-order valence-corrected chi connectivity index (χ3v) is 1.84. The maximum atomic E-state index is 11.9. The molecule has 15 heavy (non-hydrogen) atoms. The molecule has 0 fully saturated rings. The van der Waals surface area contributed by atoms with Crippen molar-refractivity contribution < 1.29 is 9.53 Å². The molecular formula is C12H25NO2. The third kappa shape index (κ3) is 6.50. The molecule has 0 saturated carbocycles. The van der Waals surface area contributed by atoms with Crippen molar-refractivity contribution in [1.29, 1.82) is 0 Å². The van der Waals surface area contributed by atoms with Gasteiger partial charge in [-0.2, -0.15) is 0 Å². The predicted molar refractivity (Wildman–Crippen MR) is 62.7 cm³/mol. The van der Waals surface area contributed by atoms with E-state index in [1.807, 2.05) is 48.5 Å². The molecule has 0 heterocycles. The molecule has 0 bridgehead atoms. The predicted octanol–water partition coefficient (Wildman–Crippen LogP) is 2.35. The Morgan fingerprint density at radius 2 is 1.60 bits per heavy atom. The lowest BCUT2D eigenvalue weighted by molar-refractivity contribution is -0.159. The van der Waals surface area contributed by atoms with Gasteiger partial charge in [-0.15, -0.1) is 0 Å². The van der Waals surface area contributed by atoms with E-state index in [0.29, 0.717) is 0 Å². The highest BCUT2D eigenvalue weighted by molar-refractivity contribution is 5.76. The van der Waals surface area contributed by atoms with Gasteiger partial charge in [0.05, 0.1) is 0 Å². The highest BCUT2D eigenvalue weighted by Gasteiger charge is 2.27. The Labute approximate surface area is 93.6 Å². The molecule has 0 aromatic carbocycles. The fourth-order valence-electron chi connectivity index (χ4n) is 1.26. The molecule has 0 spiro atoms. The third-order valence-electron chi connectivity index (χ3n) is 1.84. The van der Waals surface area contributed by atoms with Crippen LogP contribution in [0.3, 0.4) is 0 Å². The Balaban J connectivity index is 4.43. The number of ether oxygens (including phenoxy) is 1. The van der Waals surface area contributed by atoms with Crippen molar-refractivity contribution in [1.82, 2.24) is 5.32 Å². The topological polar surface area (TPSA) is 38.3 Å². The van der Waals surface area contributed by atoms with Crippen molar-refractivity contribution in [2.24, 2.45) is 5.92 Å². The van der Waals surface area contributed by atoms with Crippen LogP contribution in [0, 0.1) is 5.92 Å². The fraction of sp³-hybridized carbons (Fsp3) is 0.917. The van der Waals surface area contributed by atoms with Gasteiger partial charge < -0.3 is 10.1 Å². The number of carbonyl (C=O) groups is 1. The van der Waals surface area contributed by atoms with Crippen LogP contribution >= 0.6 is 0 Å². The van der Waals surface area contributed by atoms with Gasteiger partial charge in [0.15, 0.2) is 0 Å². The van der Waals surface area contributed by atoms with Gasteiger partial charge in [0.2, 0.25) is 0 Å². The largest absolute Gasteiger partial charge is 0.459 e. The van der Waals surface area contributed by atoms with Crippen molar-refractivity contribution in [2.45, 2.75) is 66.2 Å². The van der Waals surface area contributed by atoms with E-state index in [1.165, 1.54) is 0 Å². The summed E-state index contributed by atoms with van der Waals surface area (Å²) in [5, 5.41) is 3.23. The number of hydrogen-bond donors (Lipinski definition) is 1. The molecule has 0 aliphatic carbocycles. The van der Waals surface area contributed by atoms with Crippen LogP contribution in [0.1, 0.15) is 48.5 Å². The fourth-order valence-corrected chi connectivity index (χ4v) is 1.26. The molecule has 0 aromatic rings.